The molecule has 0 saturated carbocycles. The summed E-state index contributed by atoms with van der Waals surface area (Å²) in [6, 6.07) is 200. The molecule has 0 aliphatic rings. The molecule has 0 atom stereocenters. The van der Waals surface area contributed by atoms with E-state index < -0.39 is 0 Å². The molecule has 0 fully saturated rings. The molecule has 0 aliphatic carbocycles. The lowest BCUT2D eigenvalue weighted by molar-refractivity contribution is 1.61. The molecule has 0 aliphatic heterocycles. The Balaban J connectivity index is 0.000000110. The van der Waals surface area contributed by atoms with Gasteiger partial charge in [-0.2, -0.15) is 0 Å². The van der Waals surface area contributed by atoms with E-state index >= 15 is 0 Å². The highest BCUT2D eigenvalue weighted by Crippen LogP contribution is 2.44. The Hall–Kier alpha value is -17.9. The summed E-state index contributed by atoms with van der Waals surface area (Å²) in [6.45, 7) is 0. The summed E-state index contributed by atoms with van der Waals surface area (Å²) < 4.78 is 0. The second kappa shape index (κ2) is 35.5. The number of hydrogen-bond donors (Lipinski definition) is 0. The van der Waals surface area contributed by atoms with Crippen LogP contribution in [0.5, 0.6) is 0 Å². The predicted octanol–water partition coefficient (Wildman–Crippen LogP) is 38.9. The van der Waals surface area contributed by atoms with Crippen molar-refractivity contribution in [2.75, 3.05) is 0 Å². The molecule has 0 N–H and O–H groups in total. The van der Waals surface area contributed by atoms with Gasteiger partial charge in [0.15, 0.2) is 0 Å². The van der Waals surface area contributed by atoms with Gasteiger partial charge in [-0.15, -0.1) is 0 Å². The molecule has 27 rings (SSSR count). The lowest BCUT2D eigenvalue weighted by atomic mass is 9.90. The summed E-state index contributed by atoms with van der Waals surface area (Å²) >= 11 is 0. The van der Waals surface area contributed by atoms with Gasteiger partial charge in [-0.05, 0) is 348 Å². The van der Waals surface area contributed by atoms with E-state index in [4.69, 9.17) is 0 Å². The van der Waals surface area contributed by atoms with Crippen molar-refractivity contribution in [1.29, 1.82) is 0 Å². The molecule has 0 saturated heterocycles. The zero-order valence-electron chi connectivity index (χ0n) is 76.0. The maximum absolute atomic E-state index is 2.34. The first-order valence-corrected chi connectivity index (χ1v) is 47.7. The Kier molecular flexibility index (Phi) is 21.1. The maximum Gasteiger partial charge on any atom is -0.00992 e. The molecule has 642 valence electrons. The first-order valence-electron chi connectivity index (χ1n) is 47.7. The number of fused-ring (bicyclic) bond motifs is 12. The van der Waals surface area contributed by atoms with Crippen molar-refractivity contribution in [2.24, 2.45) is 0 Å². The summed E-state index contributed by atoms with van der Waals surface area (Å²) in [5.41, 5.74) is 29.8. The standard InChI is InChI=1S/3C46H30/c1-3-10-33-26-37(18-16-31(33)8-1)35-12-7-13-36(27-35)38-19-20-40-30-42(23-21-39(40)28-38)44-25-24-43(45-14-5-6-15-46(44)45)41-22-17-32-9-2-4-11-34(32)29-41;1-3-7-35-25-37(15-13-31(35)5-1)33-9-11-34(12-10-33)38-17-18-41-28-43(20-19-40(41)27-38)46-24-23-44-29-42(21-22-45(44)30-46)39-16-14-32-6-2-4-8-36(32)26-39;1-2-10-35-28-36(21-16-31(35)8-1)37-22-23-39-30-40(25-24-38(39)29-37)44-27-26-43(45-13-5-6-14-46(44)45)34-19-17-33(18-20-34)42-15-7-11-32-9-3-4-12-41(32)42/h3*1-30H. The van der Waals surface area contributed by atoms with Crippen LogP contribution in [0.1, 0.15) is 0 Å². The van der Waals surface area contributed by atoms with Gasteiger partial charge < -0.3 is 0 Å². The smallest absolute Gasteiger partial charge is 0.00992 e. The largest absolute Gasteiger partial charge is 0.0616 e. The molecule has 0 unspecified atom stereocenters. The monoisotopic (exact) mass is 1750 g/mol. The van der Waals surface area contributed by atoms with E-state index in [1.165, 1.54) is 263 Å². The van der Waals surface area contributed by atoms with E-state index in [0.29, 0.717) is 0 Å². The van der Waals surface area contributed by atoms with Gasteiger partial charge in [0.25, 0.3) is 0 Å². The average molecular weight is 1750 g/mol. The SMILES string of the molecule is c1cc(-c2ccc3ccccc3c2)cc(-c2ccc3cc(-c4ccc(-c5ccc6ccccc6c5)c5ccccc45)ccc3c2)c1.c1ccc2cc(-c3ccc(-c4ccc5cc(-c6ccc7cc(-c8ccc9ccccc9c8)ccc7c6)ccc5c4)cc3)ccc2c1.c1ccc2cc(-c3ccc4cc(-c5ccc(-c6ccc(-c7cccc8ccccc78)cc6)c6ccccc56)ccc4c3)ccc2c1. The van der Waals surface area contributed by atoms with Crippen LogP contribution < -0.4 is 0 Å². The molecule has 0 amide bonds. The van der Waals surface area contributed by atoms with E-state index in [9.17, 15) is 0 Å². The zero-order chi connectivity index (χ0) is 91.4. The van der Waals surface area contributed by atoms with Gasteiger partial charge in [-0.1, -0.05) is 461 Å². The number of hydrogen-bond acceptors (Lipinski definition) is 0. The van der Waals surface area contributed by atoms with Gasteiger partial charge in [0, 0.05) is 0 Å². The highest BCUT2D eigenvalue weighted by Gasteiger charge is 2.18. The van der Waals surface area contributed by atoms with Crippen molar-refractivity contribution < 1.29 is 0 Å². The van der Waals surface area contributed by atoms with Gasteiger partial charge in [-0.3, -0.25) is 0 Å². The Labute approximate surface area is 802 Å². The zero-order valence-corrected chi connectivity index (χ0v) is 76.0. The predicted molar refractivity (Wildman–Crippen MR) is 595 cm³/mol. The van der Waals surface area contributed by atoms with Crippen LogP contribution in [0.25, 0.3) is 263 Å². The van der Waals surface area contributed by atoms with E-state index in [2.05, 4.69) is 546 Å². The summed E-state index contributed by atoms with van der Waals surface area (Å²) in [5.74, 6) is 0. The van der Waals surface area contributed by atoms with Crippen LogP contribution in [-0.4, -0.2) is 0 Å². The number of benzene rings is 27. The fraction of sp³-hybridized carbons (Fsp3) is 0. The minimum absolute atomic E-state index is 1.23. The first kappa shape index (κ1) is 82.0. The van der Waals surface area contributed by atoms with Gasteiger partial charge in [0.05, 0.1) is 0 Å². The molecule has 0 radical (unpaired) electrons. The molecular formula is C138H90. The lowest BCUT2D eigenvalue weighted by Gasteiger charge is -2.14. The minimum atomic E-state index is 1.23. The molecule has 0 heteroatoms. The maximum atomic E-state index is 2.34. The fourth-order valence-electron chi connectivity index (χ4n) is 20.9. The topological polar surface area (TPSA) is 0 Å². The first-order chi connectivity index (χ1) is 68.3. The molecule has 0 nitrogen and oxygen atoms in total. The summed E-state index contributed by atoms with van der Waals surface area (Å²) in [7, 11) is 0. The van der Waals surface area contributed by atoms with Gasteiger partial charge in [-0.25, -0.2) is 0 Å². The summed E-state index contributed by atoms with van der Waals surface area (Å²) in [5, 5.41) is 30.3. The molecule has 0 spiro atoms. The number of rotatable bonds is 12. The second-order valence-electron chi connectivity index (χ2n) is 36.6. The van der Waals surface area contributed by atoms with Crippen molar-refractivity contribution in [1.82, 2.24) is 0 Å². The quantitative estimate of drug-likeness (QED) is 0.114. The Morgan fingerprint density at radius 3 is 0.486 bits per heavy atom. The van der Waals surface area contributed by atoms with Crippen LogP contribution in [0, 0.1) is 0 Å². The average Bonchev–Trinajstić information content (AvgIpc) is 0.762. The second-order valence-corrected chi connectivity index (χ2v) is 36.6. The van der Waals surface area contributed by atoms with Crippen molar-refractivity contribution in [3.63, 3.8) is 0 Å². The Bertz CT molecular complexity index is 9450. The van der Waals surface area contributed by atoms with Crippen molar-refractivity contribution in [2.45, 2.75) is 0 Å². The third-order valence-corrected chi connectivity index (χ3v) is 28.3. The third kappa shape index (κ3) is 16.1. The molecule has 0 bridgehead atoms. The minimum Gasteiger partial charge on any atom is -0.0616 e. The summed E-state index contributed by atoms with van der Waals surface area (Å²) in [4.78, 5) is 0. The van der Waals surface area contributed by atoms with E-state index in [1.54, 1.807) is 0 Å². The van der Waals surface area contributed by atoms with Crippen molar-refractivity contribution in [3.05, 3.63) is 546 Å². The van der Waals surface area contributed by atoms with Crippen LogP contribution in [0.15, 0.2) is 546 Å². The molecular weight excluding hydrogens is 1660 g/mol. The van der Waals surface area contributed by atoms with Gasteiger partial charge in [0.2, 0.25) is 0 Å². The van der Waals surface area contributed by atoms with Gasteiger partial charge >= 0.3 is 0 Å². The fourth-order valence-corrected chi connectivity index (χ4v) is 20.9. The van der Waals surface area contributed by atoms with Crippen LogP contribution in [0.2, 0.25) is 0 Å². The van der Waals surface area contributed by atoms with E-state index in [0.717, 1.165) is 0 Å². The van der Waals surface area contributed by atoms with Crippen LogP contribution in [0.3, 0.4) is 0 Å². The summed E-state index contributed by atoms with van der Waals surface area (Å²) in [6.07, 6.45) is 0. The lowest BCUT2D eigenvalue weighted by Crippen LogP contribution is -1.87. The third-order valence-electron chi connectivity index (χ3n) is 28.3. The van der Waals surface area contributed by atoms with Crippen LogP contribution >= 0.6 is 0 Å². The van der Waals surface area contributed by atoms with E-state index in [1.807, 2.05) is 0 Å². The van der Waals surface area contributed by atoms with Crippen molar-refractivity contribution >= 4 is 129 Å². The molecule has 0 heterocycles. The Morgan fingerprint density at radius 2 is 0.217 bits per heavy atom. The van der Waals surface area contributed by atoms with Crippen LogP contribution in [-0.2, 0) is 0 Å². The van der Waals surface area contributed by atoms with Crippen LogP contribution in [0.4, 0.5) is 0 Å². The van der Waals surface area contributed by atoms with Crippen molar-refractivity contribution in [3.8, 4) is 134 Å². The molecule has 27 aromatic rings. The Morgan fingerprint density at radius 1 is 0.0652 bits per heavy atom. The molecule has 0 aromatic heterocycles. The van der Waals surface area contributed by atoms with E-state index in [-0.39, 0.29) is 0 Å². The highest BCUT2D eigenvalue weighted by molar-refractivity contribution is 6.10. The highest BCUT2D eigenvalue weighted by atomic mass is 14.2. The molecule has 138 heavy (non-hydrogen) atoms. The molecule has 27 aromatic carbocycles. The van der Waals surface area contributed by atoms with Gasteiger partial charge in [0.1, 0.15) is 0 Å². The normalized spacial score (nSPS) is 11.5.